The van der Waals surface area contributed by atoms with Gasteiger partial charge in [-0.2, -0.15) is 0 Å². The molecule has 2 aromatic rings. The normalized spacial score (nSPS) is 15.4. The van der Waals surface area contributed by atoms with Gasteiger partial charge in [0.15, 0.2) is 0 Å². The van der Waals surface area contributed by atoms with E-state index in [0.717, 1.165) is 43.8 Å². The lowest BCUT2D eigenvalue weighted by atomic mass is 9.95. The standard InChI is InChI=1S/C24H30Cl2N2O2/c1-17(2)20-5-3-4-6-23(20)30-14-11-27-24(29)19-9-12-28(13-10-19)16-18-7-8-21(25)22(26)15-18/h3-8,15,17,19H,9-14,16H2,1-2H3,(H,27,29). The highest BCUT2D eigenvalue weighted by Crippen LogP contribution is 2.26. The maximum Gasteiger partial charge on any atom is 0.223 e. The fourth-order valence-electron chi connectivity index (χ4n) is 3.82. The van der Waals surface area contributed by atoms with Crippen LogP contribution in [-0.4, -0.2) is 37.0 Å². The van der Waals surface area contributed by atoms with Crippen LogP contribution in [0.5, 0.6) is 5.75 Å². The van der Waals surface area contributed by atoms with Crippen molar-refractivity contribution in [1.29, 1.82) is 0 Å². The van der Waals surface area contributed by atoms with Gasteiger partial charge in [0.05, 0.1) is 16.6 Å². The van der Waals surface area contributed by atoms with Gasteiger partial charge in [-0.15, -0.1) is 0 Å². The van der Waals surface area contributed by atoms with Crippen LogP contribution in [0.15, 0.2) is 42.5 Å². The number of ether oxygens (including phenoxy) is 1. The molecule has 1 amide bonds. The second-order valence-electron chi connectivity index (χ2n) is 8.13. The monoisotopic (exact) mass is 448 g/mol. The van der Waals surface area contributed by atoms with E-state index < -0.39 is 0 Å². The zero-order valence-electron chi connectivity index (χ0n) is 17.7. The summed E-state index contributed by atoms with van der Waals surface area (Å²) in [4.78, 5) is 14.9. The summed E-state index contributed by atoms with van der Waals surface area (Å²) >= 11 is 12.1. The van der Waals surface area contributed by atoms with Gasteiger partial charge >= 0.3 is 0 Å². The molecule has 1 aliphatic heterocycles. The lowest BCUT2D eigenvalue weighted by Gasteiger charge is -2.31. The summed E-state index contributed by atoms with van der Waals surface area (Å²) in [5.41, 5.74) is 2.34. The first-order valence-electron chi connectivity index (χ1n) is 10.6. The molecule has 1 fully saturated rings. The molecule has 0 bridgehead atoms. The maximum absolute atomic E-state index is 12.5. The highest BCUT2D eigenvalue weighted by Gasteiger charge is 2.24. The number of para-hydroxylation sites is 1. The van der Waals surface area contributed by atoms with Crippen molar-refractivity contribution in [3.63, 3.8) is 0 Å². The molecule has 1 heterocycles. The Labute approximate surface area is 189 Å². The SMILES string of the molecule is CC(C)c1ccccc1OCCNC(=O)C1CCN(Cc2ccc(Cl)c(Cl)c2)CC1. The molecular weight excluding hydrogens is 419 g/mol. The molecule has 1 aliphatic rings. The summed E-state index contributed by atoms with van der Waals surface area (Å²) in [5.74, 6) is 1.50. The van der Waals surface area contributed by atoms with E-state index in [0.29, 0.717) is 29.1 Å². The van der Waals surface area contributed by atoms with Gasteiger partial charge in [-0.1, -0.05) is 61.3 Å². The Morgan fingerprint density at radius 3 is 2.57 bits per heavy atom. The molecule has 0 spiro atoms. The molecular formula is C24H30Cl2N2O2. The summed E-state index contributed by atoms with van der Waals surface area (Å²) in [7, 11) is 0. The third-order valence-corrected chi connectivity index (χ3v) is 6.29. The molecule has 0 saturated carbocycles. The summed E-state index contributed by atoms with van der Waals surface area (Å²) < 4.78 is 5.89. The smallest absolute Gasteiger partial charge is 0.223 e. The van der Waals surface area contributed by atoms with E-state index in [1.54, 1.807) is 0 Å². The van der Waals surface area contributed by atoms with Gasteiger partial charge in [-0.05, 0) is 61.2 Å². The van der Waals surface area contributed by atoms with Crippen LogP contribution in [0.4, 0.5) is 0 Å². The van der Waals surface area contributed by atoms with Crippen LogP contribution in [0.2, 0.25) is 10.0 Å². The fourth-order valence-corrected chi connectivity index (χ4v) is 4.14. The van der Waals surface area contributed by atoms with Gasteiger partial charge in [0.1, 0.15) is 12.4 Å². The number of benzene rings is 2. The Morgan fingerprint density at radius 2 is 1.87 bits per heavy atom. The highest BCUT2D eigenvalue weighted by atomic mass is 35.5. The predicted molar refractivity (Wildman–Crippen MR) is 123 cm³/mol. The molecule has 6 heteroatoms. The van der Waals surface area contributed by atoms with E-state index in [1.165, 1.54) is 5.56 Å². The van der Waals surface area contributed by atoms with E-state index >= 15 is 0 Å². The topological polar surface area (TPSA) is 41.6 Å². The average molecular weight is 449 g/mol. The zero-order valence-corrected chi connectivity index (χ0v) is 19.2. The van der Waals surface area contributed by atoms with E-state index in [1.807, 2.05) is 36.4 Å². The van der Waals surface area contributed by atoms with Crippen molar-refractivity contribution in [2.45, 2.75) is 39.2 Å². The molecule has 0 aromatic heterocycles. The number of carbonyl (C=O) groups excluding carboxylic acids is 1. The molecule has 1 saturated heterocycles. The molecule has 30 heavy (non-hydrogen) atoms. The minimum atomic E-state index is 0.0676. The number of nitrogens with one attached hydrogen (secondary N) is 1. The van der Waals surface area contributed by atoms with Gasteiger partial charge in [0, 0.05) is 12.5 Å². The minimum Gasteiger partial charge on any atom is -0.491 e. The molecule has 0 radical (unpaired) electrons. The zero-order chi connectivity index (χ0) is 21.5. The van der Waals surface area contributed by atoms with Crippen molar-refractivity contribution in [2.75, 3.05) is 26.2 Å². The molecule has 0 aliphatic carbocycles. The lowest BCUT2D eigenvalue weighted by Crippen LogP contribution is -2.41. The first-order valence-corrected chi connectivity index (χ1v) is 11.4. The summed E-state index contributed by atoms with van der Waals surface area (Å²) in [6.07, 6.45) is 1.73. The Bertz CT molecular complexity index is 849. The quantitative estimate of drug-likeness (QED) is 0.540. The van der Waals surface area contributed by atoms with E-state index in [9.17, 15) is 4.79 Å². The summed E-state index contributed by atoms with van der Waals surface area (Å²) in [6, 6.07) is 13.8. The Balaban J connectivity index is 1.38. The van der Waals surface area contributed by atoms with Crippen LogP contribution >= 0.6 is 23.2 Å². The number of hydrogen-bond acceptors (Lipinski definition) is 3. The first-order chi connectivity index (χ1) is 14.4. The first kappa shape index (κ1) is 22.9. The maximum atomic E-state index is 12.5. The predicted octanol–water partition coefficient (Wildman–Crippen LogP) is 5.52. The van der Waals surface area contributed by atoms with Crippen molar-refractivity contribution in [3.8, 4) is 5.75 Å². The highest BCUT2D eigenvalue weighted by molar-refractivity contribution is 6.42. The molecule has 0 atom stereocenters. The van der Waals surface area contributed by atoms with Crippen LogP contribution in [0.25, 0.3) is 0 Å². The van der Waals surface area contributed by atoms with Crippen molar-refractivity contribution in [1.82, 2.24) is 10.2 Å². The van der Waals surface area contributed by atoms with Crippen LogP contribution in [0.1, 0.15) is 43.7 Å². The van der Waals surface area contributed by atoms with Gasteiger partial charge in [0.25, 0.3) is 0 Å². The third kappa shape index (κ3) is 6.37. The third-order valence-electron chi connectivity index (χ3n) is 5.55. The number of halogens is 2. The van der Waals surface area contributed by atoms with E-state index in [-0.39, 0.29) is 11.8 Å². The molecule has 162 valence electrons. The number of hydrogen-bond donors (Lipinski definition) is 1. The number of nitrogens with zero attached hydrogens (tertiary/aromatic N) is 1. The van der Waals surface area contributed by atoms with Gasteiger partial charge in [-0.25, -0.2) is 0 Å². The lowest BCUT2D eigenvalue weighted by molar-refractivity contribution is -0.126. The minimum absolute atomic E-state index is 0.0676. The Morgan fingerprint density at radius 1 is 1.13 bits per heavy atom. The summed E-state index contributed by atoms with van der Waals surface area (Å²) in [6.45, 7) is 7.93. The van der Waals surface area contributed by atoms with Gasteiger partial charge in [-0.3, -0.25) is 9.69 Å². The van der Waals surface area contributed by atoms with E-state index in [2.05, 4.69) is 30.1 Å². The van der Waals surface area contributed by atoms with E-state index in [4.69, 9.17) is 27.9 Å². The summed E-state index contributed by atoms with van der Waals surface area (Å²) in [5, 5.41) is 4.20. The second kappa shape index (κ2) is 11.0. The molecule has 4 nitrogen and oxygen atoms in total. The number of carbonyl (C=O) groups is 1. The van der Waals surface area contributed by atoms with Crippen molar-refractivity contribution in [3.05, 3.63) is 63.6 Å². The van der Waals surface area contributed by atoms with Crippen molar-refractivity contribution < 1.29 is 9.53 Å². The van der Waals surface area contributed by atoms with Crippen molar-refractivity contribution in [2.24, 2.45) is 5.92 Å². The van der Waals surface area contributed by atoms with Gasteiger partial charge < -0.3 is 10.1 Å². The van der Waals surface area contributed by atoms with Crippen LogP contribution in [0.3, 0.4) is 0 Å². The largest absolute Gasteiger partial charge is 0.491 e. The van der Waals surface area contributed by atoms with Crippen LogP contribution in [-0.2, 0) is 11.3 Å². The Hall–Kier alpha value is -1.75. The number of rotatable bonds is 8. The Kier molecular flexibility index (Phi) is 8.43. The van der Waals surface area contributed by atoms with Gasteiger partial charge in [0.2, 0.25) is 5.91 Å². The average Bonchev–Trinajstić information content (AvgIpc) is 2.74. The van der Waals surface area contributed by atoms with Crippen LogP contribution < -0.4 is 10.1 Å². The number of amides is 1. The molecule has 2 aromatic carbocycles. The van der Waals surface area contributed by atoms with Crippen molar-refractivity contribution >= 4 is 29.1 Å². The molecule has 0 unspecified atom stereocenters. The molecule has 3 rings (SSSR count). The molecule has 1 N–H and O–H groups in total. The number of likely N-dealkylation sites (tertiary alicyclic amines) is 1. The number of piperidine rings is 1. The fraction of sp³-hybridized carbons (Fsp3) is 0.458. The van der Waals surface area contributed by atoms with Crippen LogP contribution in [0, 0.1) is 5.92 Å². The second-order valence-corrected chi connectivity index (χ2v) is 8.95.